The van der Waals surface area contributed by atoms with Crippen molar-refractivity contribution in [3.63, 3.8) is 0 Å². The van der Waals surface area contributed by atoms with Crippen LogP contribution in [0.5, 0.6) is 17.2 Å². The number of hydrogen-bond donors (Lipinski definition) is 3. The lowest BCUT2D eigenvalue weighted by atomic mass is 9.97. The highest BCUT2D eigenvalue weighted by atomic mass is 35.5. The molecular formula is C19H16ClFN2O4. The van der Waals surface area contributed by atoms with E-state index in [0.717, 1.165) is 23.2 Å². The van der Waals surface area contributed by atoms with Crippen LogP contribution in [-0.2, 0) is 4.79 Å². The Bertz CT molecular complexity index is 1000. The molecule has 0 atom stereocenters. The second-order valence-electron chi connectivity index (χ2n) is 6.31. The number of halogens is 2. The van der Waals surface area contributed by atoms with Crippen LogP contribution in [0.3, 0.4) is 0 Å². The Balaban J connectivity index is 2.08. The maximum atomic E-state index is 13.4. The SMILES string of the molecule is CC(C)C1=NN(c2ccc(F)c(Cl)c2)C(=O)C1=Cc1cc(O)c(O)cc1O. The summed E-state index contributed by atoms with van der Waals surface area (Å²) in [5.41, 5.74) is 1.09. The van der Waals surface area contributed by atoms with Crippen LogP contribution in [0.1, 0.15) is 19.4 Å². The van der Waals surface area contributed by atoms with Gasteiger partial charge in [-0.25, -0.2) is 4.39 Å². The van der Waals surface area contributed by atoms with Crippen LogP contribution in [0.15, 0.2) is 41.0 Å². The number of benzene rings is 2. The molecule has 0 bridgehead atoms. The smallest absolute Gasteiger partial charge is 0.280 e. The number of amides is 1. The summed E-state index contributed by atoms with van der Waals surface area (Å²) in [5, 5.41) is 34.4. The van der Waals surface area contributed by atoms with E-state index < -0.39 is 23.2 Å². The van der Waals surface area contributed by atoms with Gasteiger partial charge in [-0.1, -0.05) is 25.4 Å². The van der Waals surface area contributed by atoms with Gasteiger partial charge in [0.05, 0.1) is 22.0 Å². The van der Waals surface area contributed by atoms with Crippen molar-refractivity contribution in [1.82, 2.24) is 0 Å². The molecule has 0 aliphatic carbocycles. The molecule has 140 valence electrons. The number of hydrazone groups is 1. The van der Waals surface area contributed by atoms with Gasteiger partial charge in [-0.15, -0.1) is 0 Å². The zero-order valence-electron chi connectivity index (χ0n) is 14.4. The zero-order chi connectivity index (χ0) is 19.9. The predicted octanol–water partition coefficient (Wildman–Crippen LogP) is 4.04. The molecule has 2 aromatic rings. The van der Waals surface area contributed by atoms with E-state index in [1.807, 2.05) is 13.8 Å². The molecule has 1 aliphatic rings. The number of phenols is 3. The fraction of sp³-hybridized carbons (Fsp3) is 0.158. The second-order valence-corrected chi connectivity index (χ2v) is 6.72. The molecular weight excluding hydrogens is 375 g/mol. The number of carbonyl (C=O) groups is 1. The van der Waals surface area contributed by atoms with Gasteiger partial charge in [0.25, 0.3) is 5.91 Å². The standard InChI is InChI=1S/C19H16ClFN2O4/c1-9(2)18-12(5-10-6-16(25)17(26)8-15(10)24)19(27)23(22-18)11-3-4-14(21)13(20)7-11/h3-9,24-26H,1-2H3. The van der Waals surface area contributed by atoms with Crippen molar-refractivity contribution in [2.75, 3.05) is 5.01 Å². The second kappa shape index (κ2) is 6.92. The zero-order valence-corrected chi connectivity index (χ0v) is 15.2. The Morgan fingerprint density at radius 1 is 1.11 bits per heavy atom. The lowest BCUT2D eigenvalue weighted by Crippen LogP contribution is -2.21. The first kappa shape index (κ1) is 18.7. The summed E-state index contributed by atoms with van der Waals surface area (Å²) in [6.45, 7) is 3.69. The summed E-state index contributed by atoms with van der Waals surface area (Å²) < 4.78 is 13.4. The quantitative estimate of drug-likeness (QED) is 0.419. The molecule has 0 fully saturated rings. The Hall–Kier alpha value is -3.06. The highest BCUT2D eigenvalue weighted by Gasteiger charge is 2.33. The molecule has 0 aromatic heterocycles. The third kappa shape index (κ3) is 3.46. The van der Waals surface area contributed by atoms with E-state index in [2.05, 4.69) is 5.10 Å². The highest BCUT2D eigenvalue weighted by Crippen LogP contribution is 2.35. The average molecular weight is 391 g/mol. The molecule has 2 aromatic carbocycles. The monoisotopic (exact) mass is 390 g/mol. The number of rotatable bonds is 3. The molecule has 0 spiro atoms. The molecule has 1 aliphatic heterocycles. The number of nitrogens with zero attached hydrogens (tertiary/aromatic N) is 2. The molecule has 27 heavy (non-hydrogen) atoms. The Kier molecular flexibility index (Phi) is 4.80. The Morgan fingerprint density at radius 2 is 1.78 bits per heavy atom. The van der Waals surface area contributed by atoms with Gasteiger partial charge in [-0.3, -0.25) is 4.79 Å². The van der Waals surface area contributed by atoms with E-state index >= 15 is 0 Å². The minimum Gasteiger partial charge on any atom is -0.507 e. The number of carbonyl (C=O) groups excluding carboxylic acids is 1. The first-order valence-corrected chi connectivity index (χ1v) is 8.42. The van der Waals surface area contributed by atoms with Gasteiger partial charge in [-0.05, 0) is 36.3 Å². The molecule has 0 saturated heterocycles. The van der Waals surface area contributed by atoms with Crippen LogP contribution in [0.2, 0.25) is 5.02 Å². The van der Waals surface area contributed by atoms with Crippen LogP contribution in [0.25, 0.3) is 6.08 Å². The van der Waals surface area contributed by atoms with Crippen molar-refractivity contribution in [3.05, 3.63) is 52.3 Å². The molecule has 1 amide bonds. The summed E-state index contributed by atoms with van der Waals surface area (Å²) in [6.07, 6.45) is 1.38. The largest absolute Gasteiger partial charge is 0.507 e. The van der Waals surface area contributed by atoms with E-state index in [0.29, 0.717) is 11.4 Å². The van der Waals surface area contributed by atoms with Crippen molar-refractivity contribution < 1.29 is 24.5 Å². The number of aromatic hydroxyl groups is 3. The van der Waals surface area contributed by atoms with E-state index in [1.54, 1.807) is 0 Å². The lowest BCUT2D eigenvalue weighted by molar-refractivity contribution is -0.114. The van der Waals surface area contributed by atoms with Gasteiger partial charge in [-0.2, -0.15) is 10.1 Å². The third-order valence-electron chi connectivity index (χ3n) is 4.02. The molecule has 3 rings (SSSR count). The Morgan fingerprint density at radius 3 is 2.41 bits per heavy atom. The normalized spacial score (nSPS) is 15.7. The van der Waals surface area contributed by atoms with Crippen LogP contribution in [0, 0.1) is 11.7 Å². The van der Waals surface area contributed by atoms with Crippen LogP contribution >= 0.6 is 11.6 Å². The summed E-state index contributed by atoms with van der Waals surface area (Å²) in [4.78, 5) is 12.9. The number of anilines is 1. The first-order valence-electron chi connectivity index (χ1n) is 8.04. The first-order chi connectivity index (χ1) is 12.7. The van der Waals surface area contributed by atoms with Gasteiger partial charge in [0.15, 0.2) is 11.5 Å². The van der Waals surface area contributed by atoms with Crippen LogP contribution in [-0.4, -0.2) is 26.9 Å². The fourth-order valence-electron chi connectivity index (χ4n) is 2.64. The van der Waals surface area contributed by atoms with Gasteiger partial charge in [0.2, 0.25) is 0 Å². The molecule has 3 N–H and O–H groups in total. The van der Waals surface area contributed by atoms with E-state index in [9.17, 15) is 24.5 Å². The van der Waals surface area contributed by atoms with Crippen molar-refractivity contribution in [1.29, 1.82) is 0 Å². The number of hydrogen-bond acceptors (Lipinski definition) is 5. The van der Waals surface area contributed by atoms with E-state index in [-0.39, 0.29) is 27.8 Å². The minimum absolute atomic E-state index is 0.131. The van der Waals surface area contributed by atoms with Crippen LogP contribution < -0.4 is 5.01 Å². The molecule has 0 saturated carbocycles. The summed E-state index contributed by atoms with van der Waals surface area (Å²) in [6, 6.07) is 5.93. The average Bonchev–Trinajstić information content (AvgIpc) is 2.92. The van der Waals surface area contributed by atoms with E-state index in [1.165, 1.54) is 18.2 Å². The lowest BCUT2D eigenvalue weighted by Gasteiger charge is -2.12. The summed E-state index contributed by atoms with van der Waals surface area (Å²) >= 11 is 5.80. The number of phenolic OH excluding ortho intramolecular Hbond substituents is 3. The van der Waals surface area contributed by atoms with Crippen LogP contribution in [0.4, 0.5) is 10.1 Å². The molecule has 0 radical (unpaired) electrons. The van der Waals surface area contributed by atoms with Gasteiger partial charge in [0.1, 0.15) is 11.6 Å². The van der Waals surface area contributed by atoms with E-state index in [4.69, 9.17) is 11.6 Å². The minimum atomic E-state index is -0.611. The van der Waals surface area contributed by atoms with Gasteiger partial charge >= 0.3 is 0 Å². The molecule has 8 heteroatoms. The van der Waals surface area contributed by atoms with Crippen molar-refractivity contribution in [2.45, 2.75) is 13.8 Å². The van der Waals surface area contributed by atoms with Gasteiger partial charge < -0.3 is 15.3 Å². The van der Waals surface area contributed by atoms with Crippen molar-refractivity contribution >= 4 is 35.0 Å². The molecule has 0 unspecified atom stereocenters. The highest BCUT2D eigenvalue weighted by molar-refractivity contribution is 6.34. The molecule has 1 heterocycles. The van der Waals surface area contributed by atoms with Crippen molar-refractivity contribution in [2.24, 2.45) is 11.0 Å². The maximum absolute atomic E-state index is 13.4. The fourth-order valence-corrected chi connectivity index (χ4v) is 2.81. The summed E-state index contributed by atoms with van der Waals surface area (Å²) in [7, 11) is 0. The molecule has 6 nitrogen and oxygen atoms in total. The third-order valence-corrected chi connectivity index (χ3v) is 4.31. The van der Waals surface area contributed by atoms with Gasteiger partial charge in [0, 0.05) is 11.6 Å². The Labute approximate surface area is 159 Å². The maximum Gasteiger partial charge on any atom is 0.280 e. The van der Waals surface area contributed by atoms with Crippen molar-refractivity contribution in [3.8, 4) is 17.2 Å². The predicted molar refractivity (Wildman–Crippen MR) is 101 cm³/mol. The topological polar surface area (TPSA) is 93.4 Å². The summed E-state index contributed by atoms with van der Waals surface area (Å²) in [5.74, 6) is -2.46.